The van der Waals surface area contributed by atoms with E-state index in [0.717, 1.165) is 31.2 Å². The van der Waals surface area contributed by atoms with Crippen molar-refractivity contribution in [2.75, 3.05) is 13.2 Å². The van der Waals surface area contributed by atoms with Crippen molar-refractivity contribution >= 4 is 17.8 Å². The molecular formula is C20H26N2O4. The Bertz CT molecular complexity index is 655. The fourth-order valence-electron chi connectivity index (χ4n) is 3.77. The predicted molar refractivity (Wildman–Crippen MR) is 96.0 cm³/mol. The van der Waals surface area contributed by atoms with E-state index in [-0.39, 0.29) is 36.9 Å². The minimum absolute atomic E-state index is 0.0567. The molecule has 26 heavy (non-hydrogen) atoms. The summed E-state index contributed by atoms with van der Waals surface area (Å²) < 4.78 is 5.15. The maximum atomic E-state index is 12.3. The van der Waals surface area contributed by atoms with E-state index in [1.165, 1.54) is 0 Å². The van der Waals surface area contributed by atoms with E-state index < -0.39 is 11.9 Å². The van der Waals surface area contributed by atoms with Gasteiger partial charge < -0.3 is 15.0 Å². The first-order valence-electron chi connectivity index (χ1n) is 9.35. The standard InChI is InChI=1S/C20H26N2O4/c1-14(15-7-3-2-4-8-15)22-12-16(11-19(22)24)20(25)26-13-18(23)21-17-9-5-6-10-17/h2-4,7-8,14,16-17H,5-6,9-13H2,1H3,(H,21,23)/t14-,16-/m1/s1. The highest BCUT2D eigenvalue weighted by Gasteiger charge is 2.38. The molecule has 0 radical (unpaired) electrons. The minimum Gasteiger partial charge on any atom is -0.455 e. The van der Waals surface area contributed by atoms with Gasteiger partial charge in [-0.05, 0) is 25.3 Å². The smallest absolute Gasteiger partial charge is 0.311 e. The van der Waals surface area contributed by atoms with Gasteiger partial charge in [0.25, 0.3) is 5.91 Å². The Kier molecular flexibility index (Phi) is 5.91. The van der Waals surface area contributed by atoms with Gasteiger partial charge in [-0.2, -0.15) is 0 Å². The third kappa shape index (κ3) is 4.42. The van der Waals surface area contributed by atoms with E-state index in [2.05, 4.69) is 5.32 Å². The summed E-state index contributed by atoms with van der Waals surface area (Å²) in [6, 6.07) is 9.85. The van der Waals surface area contributed by atoms with Gasteiger partial charge in [0.05, 0.1) is 12.0 Å². The van der Waals surface area contributed by atoms with Crippen LogP contribution in [0.5, 0.6) is 0 Å². The molecule has 140 valence electrons. The number of hydrogen-bond acceptors (Lipinski definition) is 4. The number of rotatable bonds is 6. The van der Waals surface area contributed by atoms with Crippen molar-refractivity contribution in [2.45, 2.75) is 51.1 Å². The average molecular weight is 358 g/mol. The second kappa shape index (κ2) is 8.34. The van der Waals surface area contributed by atoms with Crippen LogP contribution >= 0.6 is 0 Å². The van der Waals surface area contributed by atoms with Gasteiger partial charge in [-0.25, -0.2) is 0 Å². The van der Waals surface area contributed by atoms with Crippen LogP contribution in [0.4, 0.5) is 0 Å². The van der Waals surface area contributed by atoms with Crippen molar-refractivity contribution in [1.82, 2.24) is 10.2 Å². The number of hydrogen-bond donors (Lipinski definition) is 1. The third-order valence-electron chi connectivity index (χ3n) is 5.31. The lowest BCUT2D eigenvalue weighted by molar-refractivity contribution is -0.152. The molecule has 0 aromatic heterocycles. The van der Waals surface area contributed by atoms with Crippen LogP contribution in [0.1, 0.15) is 50.6 Å². The number of benzene rings is 1. The van der Waals surface area contributed by atoms with E-state index >= 15 is 0 Å². The fraction of sp³-hybridized carbons (Fsp3) is 0.550. The number of amides is 2. The Balaban J connectivity index is 1.48. The number of ether oxygens (including phenoxy) is 1. The van der Waals surface area contributed by atoms with Crippen molar-refractivity contribution in [1.29, 1.82) is 0 Å². The molecule has 6 nitrogen and oxygen atoms in total. The molecule has 1 saturated carbocycles. The van der Waals surface area contributed by atoms with Crippen LogP contribution < -0.4 is 5.32 Å². The van der Waals surface area contributed by atoms with Crippen molar-refractivity contribution in [3.8, 4) is 0 Å². The number of likely N-dealkylation sites (tertiary alicyclic amines) is 1. The zero-order valence-corrected chi connectivity index (χ0v) is 15.1. The molecule has 6 heteroatoms. The molecule has 1 N–H and O–H groups in total. The van der Waals surface area contributed by atoms with Crippen LogP contribution in [0, 0.1) is 5.92 Å². The normalized spacial score (nSPS) is 21.7. The molecule has 3 rings (SSSR count). The summed E-state index contributed by atoms with van der Waals surface area (Å²) in [7, 11) is 0. The van der Waals surface area contributed by atoms with E-state index in [0.29, 0.717) is 6.54 Å². The molecule has 1 saturated heterocycles. The van der Waals surface area contributed by atoms with Gasteiger partial charge in [0.15, 0.2) is 6.61 Å². The van der Waals surface area contributed by atoms with Gasteiger partial charge >= 0.3 is 5.97 Å². The first-order chi connectivity index (χ1) is 12.5. The van der Waals surface area contributed by atoms with Crippen LogP contribution in [-0.4, -0.2) is 41.9 Å². The van der Waals surface area contributed by atoms with Gasteiger partial charge in [0.1, 0.15) is 0 Å². The first-order valence-corrected chi connectivity index (χ1v) is 9.35. The SMILES string of the molecule is C[C@H](c1ccccc1)N1C[C@H](C(=O)OCC(=O)NC2CCCC2)CC1=O. The van der Waals surface area contributed by atoms with Crippen LogP contribution in [0.15, 0.2) is 30.3 Å². The summed E-state index contributed by atoms with van der Waals surface area (Å²) in [6.45, 7) is 2.02. The lowest BCUT2D eigenvalue weighted by atomic mass is 10.1. The Morgan fingerprint density at radius 2 is 1.92 bits per heavy atom. The first kappa shape index (κ1) is 18.4. The van der Waals surface area contributed by atoms with Crippen LogP contribution in [0.2, 0.25) is 0 Å². The monoisotopic (exact) mass is 358 g/mol. The molecule has 2 atom stereocenters. The Hall–Kier alpha value is -2.37. The molecule has 1 aliphatic carbocycles. The molecule has 1 aromatic rings. The molecule has 2 amide bonds. The summed E-state index contributed by atoms with van der Waals surface area (Å²) >= 11 is 0. The summed E-state index contributed by atoms with van der Waals surface area (Å²) in [5.74, 6) is -1.29. The van der Waals surface area contributed by atoms with Gasteiger partial charge in [-0.3, -0.25) is 14.4 Å². The van der Waals surface area contributed by atoms with Gasteiger partial charge in [-0.1, -0.05) is 43.2 Å². The number of nitrogens with one attached hydrogen (secondary N) is 1. The molecule has 1 aromatic carbocycles. The largest absolute Gasteiger partial charge is 0.455 e. The topological polar surface area (TPSA) is 75.7 Å². The van der Waals surface area contributed by atoms with Gasteiger partial charge in [-0.15, -0.1) is 0 Å². The minimum atomic E-state index is -0.507. The summed E-state index contributed by atoms with van der Waals surface area (Å²) in [4.78, 5) is 38.1. The zero-order chi connectivity index (χ0) is 18.5. The zero-order valence-electron chi connectivity index (χ0n) is 15.1. The predicted octanol–water partition coefficient (Wildman–Crippen LogP) is 2.20. The Morgan fingerprint density at radius 3 is 2.62 bits per heavy atom. The molecular weight excluding hydrogens is 332 g/mol. The lowest BCUT2D eigenvalue weighted by Gasteiger charge is -2.25. The number of esters is 1. The van der Waals surface area contributed by atoms with E-state index in [9.17, 15) is 14.4 Å². The second-order valence-electron chi connectivity index (χ2n) is 7.19. The molecule has 1 heterocycles. The van der Waals surface area contributed by atoms with Crippen molar-refractivity contribution in [3.05, 3.63) is 35.9 Å². The fourth-order valence-corrected chi connectivity index (χ4v) is 3.77. The molecule has 0 bridgehead atoms. The van der Waals surface area contributed by atoms with Crippen molar-refractivity contribution < 1.29 is 19.1 Å². The summed E-state index contributed by atoms with van der Waals surface area (Å²) in [5.41, 5.74) is 1.03. The molecule has 2 aliphatic rings. The second-order valence-corrected chi connectivity index (χ2v) is 7.19. The van der Waals surface area contributed by atoms with Crippen molar-refractivity contribution in [2.24, 2.45) is 5.92 Å². The van der Waals surface area contributed by atoms with Crippen LogP contribution in [0.25, 0.3) is 0 Å². The number of nitrogens with zero attached hydrogens (tertiary/aromatic N) is 1. The maximum absolute atomic E-state index is 12.3. The highest BCUT2D eigenvalue weighted by atomic mass is 16.5. The van der Waals surface area contributed by atoms with E-state index in [1.54, 1.807) is 4.90 Å². The molecule has 2 fully saturated rings. The van der Waals surface area contributed by atoms with Gasteiger partial charge in [0, 0.05) is 19.0 Å². The lowest BCUT2D eigenvalue weighted by Crippen LogP contribution is -2.36. The summed E-state index contributed by atoms with van der Waals surface area (Å²) in [6.07, 6.45) is 4.38. The number of carbonyl (C=O) groups excluding carboxylic acids is 3. The third-order valence-corrected chi connectivity index (χ3v) is 5.31. The van der Waals surface area contributed by atoms with E-state index in [4.69, 9.17) is 4.74 Å². The molecule has 1 aliphatic heterocycles. The summed E-state index contributed by atoms with van der Waals surface area (Å²) in [5, 5.41) is 2.89. The van der Waals surface area contributed by atoms with E-state index in [1.807, 2.05) is 37.3 Å². The molecule has 0 unspecified atom stereocenters. The quantitative estimate of drug-likeness (QED) is 0.791. The van der Waals surface area contributed by atoms with Crippen LogP contribution in [-0.2, 0) is 19.1 Å². The van der Waals surface area contributed by atoms with Gasteiger partial charge in [0.2, 0.25) is 5.91 Å². The highest BCUT2D eigenvalue weighted by Crippen LogP contribution is 2.29. The molecule has 0 spiro atoms. The number of carbonyl (C=O) groups is 3. The average Bonchev–Trinajstić information content (AvgIpc) is 3.29. The Morgan fingerprint density at radius 1 is 1.23 bits per heavy atom. The highest BCUT2D eigenvalue weighted by molar-refractivity contribution is 5.88. The Labute approximate surface area is 153 Å². The maximum Gasteiger partial charge on any atom is 0.311 e. The van der Waals surface area contributed by atoms with Crippen LogP contribution in [0.3, 0.4) is 0 Å². The van der Waals surface area contributed by atoms with Crippen molar-refractivity contribution in [3.63, 3.8) is 0 Å².